The summed E-state index contributed by atoms with van der Waals surface area (Å²) in [7, 11) is 0. The smallest absolute Gasteiger partial charge is 0.272 e. The summed E-state index contributed by atoms with van der Waals surface area (Å²) in [5.41, 5.74) is 1.80. The molecule has 25 heavy (non-hydrogen) atoms. The Morgan fingerprint density at radius 1 is 1.28 bits per heavy atom. The van der Waals surface area contributed by atoms with Crippen molar-refractivity contribution in [3.63, 3.8) is 0 Å². The van der Waals surface area contributed by atoms with Crippen molar-refractivity contribution < 1.29 is 4.79 Å². The average molecular weight is 339 g/mol. The Morgan fingerprint density at radius 2 is 2.08 bits per heavy atom. The summed E-state index contributed by atoms with van der Waals surface area (Å²) in [6.07, 6.45) is 1.79. The van der Waals surface area contributed by atoms with Crippen LogP contribution >= 0.6 is 0 Å². The third kappa shape index (κ3) is 3.76. The van der Waals surface area contributed by atoms with E-state index in [9.17, 15) is 9.59 Å². The van der Waals surface area contributed by atoms with Crippen molar-refractivity contribution in [2.45, 2.75) is 39.3 Å². The summed E-state index contributed by atoms with van der Waals surface area (Å²) >= 11 is 0. The molecule has 1 unspecified atom stereocenters. The zero-order valence-electron chi connectivity index (χ0n) is 14.3. The van der Waals surface area contributed by atoms with Gasteiger partial charge in [0.1, 0.15) is 11.5 Å². The van der Waals surface area contributed by atoms with Crippen LogP contribution in [-0.2, 0) is 6.54 Å². The fourth-order valence-electron chi connectivity index (χ4n) is 2.55. The van der Waals surface area contributed by atoms with Gasteiger partial charge in [0.15, 0.2) is 0 Å². The van der Waals surface area contributed by atoms with E-state index in [-0.39, 0.29) is 23.2 Å². The van der Waals surface area contributed by atoms with Crippen molar-refractivity contribution in [2.24, 2.45) is 0 Å². The van der Waals surface area contributed by atoms with Gasteiger partial charge >= 0.3 is 0 Å². The van der Waals surface area contributed by atoms with Gasteiger partial charge in [-0.3, -0.25) is 9.59 Å². The molecule has 1 aromatic carbocycles. The monoisotopic (exact) mass is 339 g/mol. The number of aromatic amines is 1. The molecule has 7 heteroatoms. The molecule has 0 bridgehead atoms. The Morgan fingerprint density at radius 3 is 2.84 bits per heavy atom. The molecule has 2 aromatic heterocycles. The Labute approximate surface area is 145 Å². The van der Waals surface area contributed by atoms with Crippen LogP contribution in [0.1, 0.15) is 49.0 Å². The number of rotatable bonds is 6. The molecule has 0 saturated carbocycles. The summed E-state index contributed by atoms with van der Waals surface area (Å²) in [6, 6.07) is 10.2. The lowest BCUT2D eigenvalue weighted by molar-refractivity contribution is 0.0930. The van der Waals surface area contributed by atoms with Gasteiger partial charge in [0.25, 0.3) is 11.5 Å². The molecule has 2 heterocycles. The molecule has 3 aromatic rings. The molecule has 1 amide bonds. The fraction of sp³-hybridized carbons (Fsp3) is 0.333. The van der Waals surface area contributed by atoms with E-state index in [1.165, 1.54) is 16.8 Å². The van der Waals surface area contributed by atoms with Crippen LogP contribution in [0.15, 0.2) is 41.2 Å². The minimum absolute atomic E-state index is 0.199. The number of carbonyl (C=O) groups excluding carboxylic acids is 1. The number of aromatic nitrogens is 4. The number of benzene rings is 1. The van der Waals surface area contributed by atoms with E-state index in [4.69, 9.17) is 0 Å². The summed E-state index contributed by atoms with van der Waals surface area (Å²) in [6.45, 7) is 4.40. The van der Waals surface area contributed by atoms with Gasteiger partial charge in [-0.05, 0) is 31.5 Å². The SMILES string of the molecule is CCCCn1nc(C(=O)NC(C)c2nc3ccccc3[nH]2)ccc1=O. The first-order chi connectivity index (χ1) is 12.1. The second kappa shape index (κ2) is 7.29. The van der Waals surface area contributed by atoms with Crippen molar-refractivity contribution in [3.8, 4) is 0 Å². The van der Waals surface area contributed by atoms with Crippen molar-refractivity contribution in [1.82, 2.24) is 25.1 Å². The van der Waals surface area contributed by atoms with E-state index >= 15 is 0 Å². The van der Waals surface area contributed by atoms with Gasteiger partial charge in [-0.25, -0.2) is 9.67 Å². The molecular formula is C18H21N5O2. The van der Waals surface area contributed by atoms with Gasteiger partial charge in [0.2, 0.25) is 0 Å². The number of unbranched alkanes of at least 4 members (excludes halogenated alkanes) is 1. The minimum atomic E-state index is -0.335. The first-order valence-electron chi connectivity index (χ1n) is 8.42. The largest absolute Gasteiger partial charge is 0.341 e. The van der Waals surface area contributed by atoms with Crippen LogP contribution in [0, 0.1) is 0 Å². The molecule has 0 fully saturated rings. The highest BCUT2D eigenvalue weighted by atomic mass is 16.2. The molecule has 130 valence electrons. The van der Waals surface area contributed by atoms with E-state index in [0.717, 1.165) is 23.9 Å². The predicted molar refractivity (Wildman–Crippen MR) is 95.4 cm³/mol. The summed E-state index contributed by atoms with van der Waals surface area (Å²) in [5.74, 6) is 0.340. The zero-order chi connectivity index (χ0) is 17.8. The Kier molecular flexibility index (Phi) is 4.92. The Hall–Kier alpha value is -2.96. The summed E-state index contributed by atoms with van der Waals surface area (Å²) in [4.78, 5) is 31.9. The lowest BCUT2D eigenvalue weighted by Gasteiger charge is -2.12. The molecule has 2 N–H and O–H groups in total. The Bertz CT molecular complexity index is 911. The van der Waals surface area contributed by atoms with E-state index in [1.54, 1.807) is 0 Å². The van der Waals surface area contributed by atoms with Crippen LogP contribution in [-0.4, -0.2) is 25.7 Å². The standard InChI is InChI=1S/C18H21N5O2/c1-3-4-11-23-16(24)10-9-15(22-23)18(25)19-12(2)17-20-13-7-5-6-8-14(13)21-17/h5-10,12H,3-4,11H2,1-2H3,(H,19,25)(H,20,21). The van der Waals surface area contributed by atoms with Crippen LogP contribution in [0.4, 0.5) is 0 Å². The molecule has 7 nitrogen and oxygen atoms in total. The second-order valence-electron chi connectivity index (χ2n) is 5.97. The van der Waals surface area contributed by atoms with Crippen LogP contribution in [0.3, 0.4) is 0 Å². The highest BCUT2D eigenvalue weighted by Crippen LogP contribution is 2.15. The molecule has 0 spiro atoms. The van der Waals surface area contributed by atoms with Crippen LogP contribution < -0.4 is 10.9 Å². The van der Waals surface area contributed by atoms with E-state index in [0.29, 0.717) is 12.4 Å². The normalized spacial score (nSPS) is 12.2. The first-order valence-corrected chi connectivity index (χ1v) is 8.42. The van der Waals surface area contributed by atoms with Gasteiger partial charge < -0.3 is 10.3 Å². The summed E-state index contributed by atoms with van der Waals surface area (Å²) < 4.78 is 1.34. The highest BCUT2D eigenvalue weighted by Gasteiger charge is 2.16. The predicted octanol–water partition coefficient (Wildman–Crippen LogP) is 2.41. The quantitative estimate of drug-likeness (QED) is 0.721. The summed E-state index contributed by atoms with van der Waals surface area (Å²) in [5, 5.41) is 7.03. The lowest BCUT2D eigenvalue weighted by atomic mass is 10.3. The molecular weight excluding hydrogens is 318 g/mol. The maximum absolute atomic E-state index is 12.5. The topological polar surface area (TPSA) is 92.7 Å². The fourth-order valence-corrected chi connectivity index (χ4v) is 2.55. The molecule has 0 aliphatic carbocycles. The molecule has 0 saturated heterocycles. The first kappa shape index (κ1) is 16.9. The number of nitrogens with one attached hydrogen (secondary N) is 2. The number of para-hydroxylation sites is 2. The molecule has 0 aliphatic rings. The number of nitrogens with zero attached hydrogens (tertiary/aromatic N) is 3. The van der Waals surface area contributed by atoms with Gasteiger partial charge in [-0.2, -0.15) is 5.10 Å². The maximum Gasteiger partial charge on any atom is 0.272 e. The number of aryl methyl sites for hydroxylation is 1. The highest BCUT2D eigenvalue weighted by molar-refractivity contribution is 5.92. The number of amides is 1. The number of H-pyrrole nitrogens is 1. The lowest BCUT2D eigenvalue weighted by Crippen LogP contribution is -2.31. The third-order valence-electron chi connectivity index (χ3n) is 3.99. The molecule has 0 aliphatic heterocycles. The number of hydrogen-bond donors (Lipinski definition) is 2. The zero-order valence-corrected chi connectivity index (χ0v) is 14.3. The van der Waals surface area contributed by atoms with Crippen LogP contribution in [0.2, 0.25) is 0 Å². The van der Waals surface area contributed by atoms with Gasteiger partial charge in [0.05, 0.1) is 17.1 Å². The van der Waals surface area contributed by atoms with E-state index in [2.05, 4.69) is 20.4 Å². The minimum Gasteiger partial charge on any atom is -0.341 e. The van der Waals surface area contributed by atoms with E-state index in [1.807, 2.05) is 38.1 Å². The average Bonchev–Trinajstić information content (AvgIpc) is 3.05. The number of hydrogen-bond acceptors (Lipinski definition) is 4. The number of carbonyl (C=O) groups is 1. The van der Waals surface area contributed by atoms with Gasteiger partial charge in [-0.15, -0.1) is 0 Å². The van der Waals surface area contributed by atoms with E-state index < -0.39 is 0 Å². The van der Waals surface area contributed by atoms with Crippen molar-refractivity contribution in [3.05, 3.63) is 58.3 Å². The van der Waals surface area contributed by atoms with Crippen molar-refractivity contribution >= 4 is 16.9 Å². The maximum atomic E-state index is 12.5. The molecule has 1 atom stereocenters. The van der Waals surface area contributed by atoms with Crippen LogP contribution in [0.25, 0.3) is 11.0 Å². The van der Waals surface area contributed by atoms with Crippen molar-refractivity contribution in [1.29, 1.82) is 0 Å². The second-order valence-corrected chi connectivity index (χ2v) is 5.97. The van der Waals surface area contributed by atoms with Gasteiger partial charge in [0, 0.05) is 12.6 Å². The van der Waals surface area contributed by atoms with Crippen LogP contribution in [0.5, 0.6) is 0 Å². The Balaban J connectivity index is 1.75. The van der Waals surface area contributed by atoms with Gasteiger partial charge in [-0.1, -0.05) is 25.5 Å². The van der Waals surface area contributed by atoms with Crippen molar-refractivity contribution in [2.75, 3.05) is 0 Å². The molecule has 3 rings (SSSR count). The molecule has 0 radical (unpaired) electrons. The third-order valence-corrected chi connectivity index (χ3v) is 3.99. The number of imidazole rings is 1. The number of fused-ring (bicyclic) bond motifs is 1.